The van der Waals surface area contributed by atoms with Crippen LogP contribution in [-0.2, 0) is 9.53 Å². The molecule has 2 fully saturated rings. The minimum atomic E-state index is -0.450. The van der Waals surface area contributed by atoms with Crippen molar-refractivity contribution in [1.82, 2.24) is 10.3 Å². The van der Waals surface area contributed by atoms with E-state index in [1.165, 1.54) is 0 Å². The fraction of sp³-hybridized carbons (Fsp3) is 0.467. The van der Waals surface area contributed by atoms with Gasteiger partial charge in [-0.15, -0.1) is 0 Å². The number of para-hydroxylation sites is 2. The van der Waals surface area contributed by atoms with Crippen molar-refractivity contribution in [2.75, 3.05) is 24.6 Å². The number of benzene rings is 1. The topological polar surface area (TPSA) is 67.6 Å². The van der Waals surface area contributed by atoms with Crippen molar-refractivity contribution in [1.29, 1.82) is 0 Å². The molecule has 6 nitrogen and oxygen atoms in total. The molecule has 1 atom stereocenters. The molecule has 2 aromatic rings. The number of hydrogen-bond donors (Lipinski definition) is 1. The van der Waals surface area contributed by atoms with E-state index in [1.54, 1.807) is 0 Å². The van der Waals surface area contributed by atoms with Crippen LogP contribution in [0.3, 0.4) is 0 Å². The molecule has 0 bridgehead atoms. The Bertz CT molecular complexity index is 632. The zero-order valence-corrected chi connectivity index (χ0v) is 11.6. The average molecular weight is 287 g/mol. The summed E-state index contributed by atoms with van der Waals surface area (Å²) in [5, 5.41) is 2.98. The van der Waals surface area contributed by atoms with Crippen LogP contribution in [0.1, 0.15) is 12.8 Å². The van der Waals surface area contributed by atoms with Crippen LogP contribution in [0.5, 0.6) is 0 Å². The number of fused-ring (bicyclic) bond motifs is 1. The minimum Gasteiger partial charge on any atom is -0.423 e. The first-order valence-corrected chi connectivity index (χ1v) is 7.32. The highest BCUT2D eigenvalue weighted by Crippen LogP contribution is 2.24. The highest BCUT2D eigenvalue weighted by Gasteiger charge is 2.32. The van der Waals surface area contributed by atoms with Crippen LogP contribution in [-0.4, -0.2) is 42.7 Å². The van der Waals surface area contributed by atoms with Crippen molar-refractivity contribution in [3.05, 3.63) is 24.3 Å². The van der Waals surface area contributed by atoms with E-state index >= 15 is 0 Å². The number of carbonyl (C=O) groups excluding carboxylic acids is 1. The zero-order chi connectivity index (χ0) is 14.2. The monoisotopic (exact) mass is 287 g/mol. The Morgan fingerprint density at radius 1 is 1.33 bits per heavy atom. The zero-order valence-electron chi connectivity index (χ0n) is 11.6. The number of anilines is 1. The van der Waals surface area contributed by atoms with Gasteiger partial charge in [0.2, 0.25) is 0 Å². The number of hydrogen-bond acceptors (Lipinski definition) is 5. The van der Waals surface area contributed by atoms with Gasteiger partial charge in [0.1, 0.15) is 5.52 Å². The third-order valence-corrected chi connectivity index (χ3v) is 3.84. The predicted octanol–water partition coefficient (Wildman–Crippen LogP) is 1.31. The molecule has 1 N–H and O–H groups in total. The average Bonchev–Trinajstić information content (AvgIpc) is 3.22. The summed E-state index contributed by atoms with van der Waals surface area (Å²) in [6.07, 6.45) is 1.70. The molecule has 6 heteroatoms. The van der Waals surface area contributed by atoms with E-state index in [4.69, 9.17) is 9.15 Å². The number of morpholine rings is 1. The van der Waals surface area contributed by atoms with E-state index in [9.17, 15) is 4.79 Å². The fourth-order valence-electron chi connectivity index (χ4n) is 2.50. The maximum atomic E-state index is 12.1. The molecule has 0 spiro atoms. The minimum absolute atomic E-state index is 0.0293. The number of carbonyl (C=O) groups is 1. The lowest BCUT2D eigenvalue weighted by Crippen LogP contribution is -2.50. The first-order chi connectivity index (χ1) is 10.3. The van der Waals surface area contributed by atoms with E-state index in [-0.39, 0.29) is 5.91 Å². The third-order valence-electron chi connectivity index (χ3n) is 3.84. The lowest BCUT2D eigenvalue weighted by Gasteiger charge is -2.31. The Morgan fingerprint density at radius 3 is 3.00 bits per heavy atom. The molecule has 1 aliphatic heterocycles. The Kier molecular flexibility index (Phi) is 3.03. The van der Waals surface area contributed by atoms with Crippen molar-refractivity contribution >= 4 is 23.0 Å². The summed E-state index contributed by atoms with van der Waals surface area (Å²) in [6, 6.07) is 8.57. The molecule has 21 heavy (non-hydrogen) atoms. The summed E-state index contributed by atoms with van der Waals surface area (Å²) in [6.45, 7) is 1.66. The molecule has 1 aromatic carbocycles. The number of nitrogens with one attached hydrogen (secondary N) is 1. The second-order valence-corrected chi connectivity index (χ2v) is 5.55. The molecule has 1 aliphatic carbocycles. The molecular weight excluding hydrogens is 270 g/mol. The molecule has 2 heterocycles. The molecule has 2 aliphatic rings. The van der Waals surface area contributed by atoms with Crippen LogP contribution in [0.15, 0.2) is 28.7 Å². The predicted molar refractivity (Wildman–Crippen MR) is 77.1 cm³/mol. The van der Waals surface area contributed by atoms with Gasteiger partial charge < -0.3 is 19.4 Å². The van der Waals surface area contributed by atoms with Gasteiger partial charge in [0.15, 0.2) is 11.7 Å². The van der Waals surface area contributed by atoms with Gasteiger partial charge in [-0.2, -0.15) is 4.98 Å². The highest BCUT2D eigenvalue weighted by molar-refractivity contribution is 5.82. The molecule has 1 aromatic heterocycles. The van der Waals surface area contributed by atoms with E-state index in [0.29, 0.717) is 31.8 Å². The van der Waals surface area contributed by atoms with Gasteiger partial charge in [-0.05, 0) is 25.0 Å². The fourth-order valence-corrected chi connectivity index (χ4v) is 2.50. The Labute approximate surface area is 122 Å². The Morgan fingerprint density at radius 2 is 2.19 bits per heavy atom. The Hall–Kier alpha value is -2.08. The van der Waals surface area contributed by atoms with Gasteiger partial charge in [0.25, 0.3) is 11.9 Å². The number of nitrogens with zero attached hydrogens (tertiary/aromatic N) is 2. The maximum Gasteiger partial charge on any atom is 0.298 e. The van der Waals surface area contributed by atoms with Crippen molar-refractivity contribution in [3.63, 3.8) is 0 Å². The first kappa shape index (κ1) is 12.6. The summed E-state index contributed by atoms with van der Waals surface area (Å²) in [5.74, 6) is -0.0293. The summed E-state index contributed by atoms with van der Waals surface area (Å²) < 4.78 is 11.3. The number of amides is 1. The van der Waals surface area contributed by atoms with Crippen molar-refractivity contribution in [2.45, 2.75) is 25.0 Å². The largest absolute Gasteiger partial charge is 0.423 e. The lowest BCUT2D eigenvalue weighted by atomic mass is 10.2. The number of rotatable bonds is 3. The van der Waals surface area contributed by atoms with Crippen molar-refractivity contribution < 1.29 is 13.9 Å². The second kappa shape index (κ2) is 5.04. The first-order valence-electron chi connectivity index (χ1n) is 7.32. The van der Waals surface area contributed by atoms with E-state index in [0.717, 1.165) is 23.9 Å². The molecule has 4 rings (SSSR count). The van der Waals surface area contributed by atoms with E-state index in [1.807, 2.05) is 29.2 Å². The van der Waals surface area contributed by atoms with E-state index < -0.39 is 6.10 Å². The molecular formula is C15H17N3O3. The molecule has 0 radical (unpaired) electrons. The number of oxazole rings is 1. The Balaban J connectivity index is 1.50. The molecule has 1 amide bonds. The van der Waals surface area contributed by atoms with Crippen LogP contribution in [0.2, 0.25) is 0 Å². The van der Waals surface area contributed by atoms with Crippen molar-refractivity contribution in [3.8, 4) is 0 Å². The molecule has 110 valence electrons. The normalized spacial score (nSPS) is 22.5. The van der Waals surface area contributed by atoms with Crippen LogP contribution >= 0.6 is 0 Å². The lowest BCUT2D eigenvalue weighted by molar-refractivity contribution is -0.133. The second-order valence-electron chi connectivity index (χ2n) is 5.55. The van der Waals surface area contributed by atoms with E-state index in [2.05, 4.69) is 10.3 Å². The van der Waals surface area contributed by atoms with Gasteiger partial charge in [0.05, 0.1) is 13.2 Å². The maximum absolute atomic E-state index is 12.1. The molecule has 1 saturated carbocycles. The SMILES string of the molecule is O=C(NC1CC1)C1CN(c2nc3ccccc3o2)CCO1. The summed E-state index contributed by atoms with van der Waals surface area (Å²) in [4.78, 5) is 18.5. The standard InChI is InChI=1S/C15H17N3O3/c19-14(16-10-5-6-10)13-9-18(7-8-20-13)15-17-11-3-1-2-4-12(11)21-15/h1-4,10,13H,5-9H2,(H,16,19). The summed E-state index contributed by atoms with van der Waals surface area (Å²) in [5.41, 5.74) is 1.59. The van der Waals surface area contributed by atoms with Gasteiger partial charge in [-0.25, -0.2) is 0 Å². The van der Waals surface area contributed by atoms with Crippen molar-refractivity contribution in [2.24, 2.45) is 0 Å². The smallest absolute Gasteiger partial charge is 0.298 e. The van der Waals surface area contributed by atoms with Gasteiger partial charge in [-0.1, -0.05) is 12.1 Å². The number of aromatic nitrogens is 1. The van der Waals surface area contributed by atoms with Gasteiger partial charge in [0, 0.05) is 12.6 Å². The molecule has 1 saturated heterocycles. The highest BCUT2D eigenvalue weighted by atomic mass is 16.5. The summed E-state index contributed by atoms with van der Waals surface area (Å²) >= 11 is 0. The van der Waals surface area contributed by atoms with Gasteiger partial charge >= 0.3 is 0 Å². The molecule has 1 unspecified atom stereocenters. The summed E-state index contributed by atoms with van der Waals surface area (Å²) in [7, 11) is 0. The third kappa shape index (κ3) is 2.58. The van der Waals surface area contributed by atoms with Crippen LogP contribution in [0.25, 0.3) is 11.1 Å². The van der Waals surface area contributed by atoms with Crippen LogP contribution < -0.4 is 10.2 Å². The van der Waals surface area contributed by atoms with Crippen LogP contribution in [0.4, 0.5) is 6.01 Å². The van der Waals surface area contributed by atoms with Gasteiger partial charge in [-0.3, -0.25) is 4.79 Å². The quantitative estimate of drug-likeness (QED) is 0.922. The van der Waals surface area contributed by atoms with Crippen LogP contribution in [0, 0.1) is 0 Å². The number of ether oxygens (including phenoxy) is 1.